The number of methoxy groups -OCH3 is 1. The van der Waals surface area contributed by atoms with Gasteiger partial charge < -0.3 is 10.1 Å². The lowest BCUT2D eigenvalue weighted by molar-refractivity contribution is 0.414. The summed E-state index contributed by atoms with van der Waals surface area (Å²) in [5.74, 6) is 0.848. The second-order valence-corrected chi connectivity index (χ2v) is 4.91. The molecule has 0 unspecified atom stereocenters. The standard InChI is InChI=1S/C14H14N2OS/c1-16-9-10-7-11(17-2)3-5-13(10)14-6-4-12(8-15)18-14/h3-7,16H,9H2,1-2H3. The summed E-state index contributed by atoms with van der Waals surface area (Å²) in [7, 11) is 3.58. The van der Waals surface area contributed by atoms with Crippen molar-refractivity contribution in [1.29, 1.82) is 5.26 Å². The Kier molecular flexibility index (Phi) is 3.98. The number of benzene rings is 1. The fraction of sp³-hybridized carbons (Fsp3) is 0.214. The summed E-state index contributed by atoms with van der Waals surface area (Å²) in [5, 5.41) is 12.0. The Labute approximate surface area is 111 Å². The topological polar surface area (TPSA) is 45.0 Å². The van der Waals surface area contributed by atoms with Gasteiger partial charge in [-0.15, -0.1) is 11.3 Å². The SMILES string of the molecule is CNCc1cc(OC)ccc1-c1ccc(C#N)s1. The summed E-state index contributed by atoms with van der Waals surface area (Å²) in [6, 6.07) is 12.0. The Morgan fingerprint density at radius 2 is 2.17 bits per heavy atom. The van der Waals surface area contributed by atoms with Gasteiger partial charge in [0.1, 0.15) is 16.7 Å². The van der Waals surface area contributed by atoms with Crippen molar-refractivity contribution in [1.82, 2.24) is 5.32 Å². The summed E-state index contributed by atoms with van der Waals surface area (Å²) < 4.78 is 5.24. The van der Waals surface area contributed by atoms with E-state index in [0.29, 0.717) is 0 Å². The molecule has 1 aromatic heterocycles. The molecule has 1 N–H and O–H groups in total. The van der Waals surface area contributed by atoms with Gasteiger partial charge in [-0.25, -0.2) is 0 Å². The Balaban J connectivity index is 2.45. The number of ether oxygens (including phenoxy) is 1. The molecular weight excluding hydrogens is 244 g/mol. The van der Waals surface area contributed by atoms with Crippen LogP contribution >= 0.6 is 11.3 Å². The van der Waals surface area contributed by atoms with E-state index in [1.54, 1.807) is 7.11 Å². The van der Waals surface area contributed by atoms with Crippen molar-refractivity contribution >= 4 is 11.3 Å². The minimum atomic E-state index is 0.733. The fourth-order valence-electron chi connectivity index (χ4n) is 1.82. The molecule has 4 heteroatoms. The first-order valence-electron chi connectivity index (χ1n) is 5.60. The average molecular weight is 258 g/mol. The van der Waals surface area contributed by atoms with Gasteiger partial charge in [-0.3, -0.25) is 0 Å². The molecule has 0 radical (unpaired) electrons. The lowest BCUT2D eigenvalue weighted by Crippen LogP contribution is -2.06. The minimum Gasteiger partial charge on any atom is -0.497 e. The summed E-state index contributed by atoms with van der Waals surface area (Å²) >= 11 is 1.51. The third-order valence-corrected chi connectivity index (χ3v) is 3.68. The first-order chi connectivity index (χ1) is 8.78. The maximum Gasteiger partial charge on any atom is 0.119 e. The molecule has 2 aromatic rings. The van der Waals surface area contributed by atoms with E-state index in [1.807, 2.05) is 37.4 Å². The zero-order valence-corrected chi connectivity index (χ0v) is 11.2. The van der Waals surface area contributed by atoms with E-state index in [4.69, 9.17) is 10.00 Å². The van der Waals surface area contributed by atoms with E-state index in [-0.39, 0.29) is 0 Å². The Bertz CT molecular complexity index is 584. The third kappa shape index (κ3) is 2.53. The number of nitriles is 1. The Morgan fingerprint density at radius 3 is 2.78 bits per heavy atom. The van der Waals surface area contributed by atoms with Gasteiger partial charge in [0.15, 0.2) is 0 Å². The molecule has 1 aromatic carbocycles. The zero-order valence-electron chi connectivity index (χ0n) is 10.4. The van der Waals surface area contributed by atoms with Gasteiger partial charge in [0.2, 0.25) is 0 Å². The molecule has 0 fully saturated rings. The monoisotopic (exact) mass is 258 g/mol. The van der Waals surface area contributed by atoms with Crippen molar-refractivity contribution in [3.8, 4) is 22.3 Å². The molecule has 0 atom stereocenters. The molecule has 0 amide bonds. The minimum absolute atomic E-state index is 0.733. The average Bonchev–Trinajstić information content (AvgIpc) is 2.87. The molecule has 2 rings (SSSR count). The van der Waals surface area contributed by atoms with Crippen LogP contribution in [0.25, 0.3) is 10.4 Å². The molecule has 0 aliphatic heterocycles. The van der Waals surface area contributed by atoms with Gasteiger partial charge in [-0.1, -0.05) is 0 Å². The Morgan fingerprint density at radius 1 is 1.33 bits per heavy atom. The normalized spacial score (nSPS) is 10.1. The van der Waals surface area contributed by atoms with Gasteiger partial charge >= 0.3 is 0 Å². The van der Waals surface area contributed by atoms with E-state index in [2.05, 4.69) is 11.4 Å². The molecule has 92 valence electrons. The van der Waals surface area contributed by atoms with Crippen LogP contribution in [0.1, 0.15) is 10.4 Å². The van der Waals surface area contributed by atoms with E-state index < -0.39 is 0 Å². The van der Waals surface area contributed by atoms with Crippen LogP contribution in [0.15, 0.2) is 30.3 Å². The predicted octanol–water partition coefficient (Wildman–Crippen LogP) is 3.01. The maximum atomic E-state index is 8.88. The molecule has 0 saturated heterocycles. The van der Waals surface area contributed by atoms with Crippen molar-refractivity contribution in [3.63, 3.8) is 0 Å². The maximum absolute atomic E-state index is 8.88. The summed E-state index contributed by atoms with van der Waals surface area (Å²) in [5.41, 5.74) is 2.32. The number of hydrogen-bond donors (Lipinski definition) is 1. The molecule has 18 heavy (non-hydrogen) atoms. The molecule has 1 heterocycles. The summed E-state index contributed by atoms with van der Waals surface area (Å²) in [6.07, 6.45) is 0. The zero-order chi connectivity index (χ0) is 13.0. The number of thiophene rings is 1. The van der Waals surface area contributed by atoms with Crippen LogP contribution in [-0.2, 0) is 6.54 Å². The van der Waals surface area contributed by atoms with Crippen molar-refractivity contribution in [3.05, 3.63) is 40.8 Å². The number of nitrogens with one attached hydrogen (secondary N) is 1. The van der Waals surface area contributed by atoms with E-state index in [9.17, 15) is 0 Å². The largest absolute Gasteiger partial charge is 0.497 e. The second kappa shape index (κ2) is 5.67. The molecule has 0 aliphatic carbocycles. The molecule has 0 aliphatic rings. The van der Waals surface area contributed by atoms with Crippen molar-refractivity contribution in [2.24, 2.45) is 0 Å². The molecule has 0 saturated carbocycles. The molecular formula is C14H14N2OS. The van der Waals surface area contributed by atoms with Crippen LogP contribution in [0.4, 0.5) is 0 Å². The highest BCUT2D eigenvalue weighted by molar-refractivity contribution is 7.16. The van der Waals surface area contributed by atoms with Gasteiger partial charge in [0.05, 0.1) is 7.11 Å². The van der Waals surface area contributed by atoms with Crippen LogP contribution in [-0.4, -0.2) is 14.2 Å². The molecule has 3 nitrogen and oxygen atoms in total. The van der Waals surface area contributed by atoms with Crippen molar-refractivity contribution < 1.29 is 4.74 Å². The van der Waals surface area contributed by atoms with Crippen LogP contribution in [0, 0.1) is 11.3 Å². The van der Waals surface area contributed by atoms with Crippen molar-refractivity contribution in [2.75, 3.05) is 14.2 Å². The van der Waals surface area contributed by atoms with Crippen LogP contribution in [0.3, 0.4) is 0 Å². The molecule has 0 bridgehead atoms. The first-order valence-corrected chi connectivity index (χ1v) is 6.42. The van der Waals surface area contributed by atoms with Crippen LogP contribution < -0.4 is 10.1 Å². The van der Waals surface area contributed by atoms with Crippen molar-refractivity contribution in [2.45, 2.75) is 6.54 Å². The second-order valence-electron chi connectivity index (χ2n) is 3.83. The van der Waals surface area contributed by atoms with E-state index >= 15 is 0 Å². The lowest BCUT2D eigenvalue weighted by atomic mass is 10.1. The smallest absolute Gasteiger partial charge is 0.119 e. The summed E-state index contributed by atoms with van der Waals surface area (Å²) in [6.45, 7) is 0.770. The highest BCUT2D eigenvalue weighted by Crippen LogP contribution is 2.32. The number of hydrogen-bond acceptors (Lipinski definition) is 4. The van der Waals surface area contributed by atoms with Gasteiger partial charge in [0, 0.05) is 11.4 Å². The van der Waals surface area contributed by atoms with E-state index in [0.717, 1.165) is 27.6 Å². The highest BCUT2D eigenvalue weighted by atomic mass is 32.1. The Hall–Kier alpha value is -1.83. The van der Waals surface area contributed by atoms with Gasteiger partial charge in [-0.05, 0) is 48.5 Å². The van der Waals surface area contributed by atoms with Gasteiger partial charge in [-0.2, -0.15) is 5.26 Å². The number of nitrogens with zero attached hydrogens (tertiary/aromatic N) is 1. The summed E-state index contributed by atoms with van der Waals surface area (Å²) in [4.78, 5) is 1.84. The van der Waals surface area contributed by atoms with Gasteiger partial charge in [0.25, 0.3) is 0 Å². The first kappa shape index (κ1) is 12.6. The molecule has 0 spiro atoms. The highest BCUT2D eigenvalue weighted by Gasteiger charge is 2.09. The third-order valence-electron chi connectivity index (χ3n) is 2.66. The number of rotatable bonds is 4. The van der Waals surface area contributed by atoms with Crippen LogP contribution in [0.5, 0.6) is 5.75 Å². The van der Waals surface area contributed by atoms with E-state index in [1.165, 1.54) is 16.9 Å². The van der Waals surface area contributed by atoms with Crippen LogP contribution in [0.2, 0.25) is 0 Å². The predicted molar refractivity (Wildman–Crippen MR) is 73.8 cm³/mol. The lowest BCUT2D eigenvalue weighted by Gasteiger charge is -2.09. The fourth-order valence-corrected chi connectivity index (χ4v) is 2.68. The quantitative estimate of drug-likeness (QED) is 0.917.